The first kappa shape index (κ1) is 20.4. The third-order valence-electron chi connectivity index (χ3n) is 4.80. The Morgan fingerprint density at radius 1 is 1.10 bits per heavy atom. The summed E-state index contributed by atoms with van der Waals surface area (Å²) in [6, 6.07) is 10.4. The molecule has 0 aliphatic carbocycles. The summed E-state index contributed by atoms with van der Waals surface area (Å²) in [5.41, 5.74) is 0.689. The summed E-state index contributed by atoms with van der Waals surface area (Å²) in [6.07, 6.45) is 1.48. The number of halogens is 1. The number of aromatic nitrogens is 1. The number of aryl methyl sites for hydroxylation is 1. The van der Waals surface area contributed by atoms with Crippen molar-refractivity contribution in [1.29, 1.82) is 0 Å². The van der Waals surface area contributed by atoms with Crippen LogP contribution in [0.4, 0.5) is 0 Å². The van der Waals surface area contributed by atoms with E-state index in [0.29, 0.717) is 53.3 Å². The highest BCUT2D eigenvalue weighted by Gasteiger charge is 2.28. The number of rotatable bonds is 5. The number of thiazole rings is 1. The number of carbonyl (C=O) groups is 2. The van der Waals surface area contributed by atoms with E-state index in [1.807, 2.05) is 6.92 Å². The van der Waals surface area contributed by atoms with Gasteiger partial charge in [-0.3, -0.25) is 9.59 Å². The largest absolute Gasteiger partial charge is 0.486 e. The van der Waals surface area contributed by atoms with Crippen LogP contribution in [-0.4, -0.2) is 52.8 Å². The molecule has 4 rings (SSSR count). The lowest BCUT2D eigenvalue weighted by molar-refractivity contribution is 0.0520. The molecule has 3 aromatic rings. The highest BCUT2D eigenvalue weighted by Crippen LogP contribution is 2.23. The summed E-state index contributed by atoms with van der Waals surface area (Å²) in [5.74, 6) is 0.798. The van der Waals surface area contributed by atoms with E-state index < -0.39 is 0 Å². The van der Waals surface area contributed by atoms with Crippen LogP contribution in [0.2, 0.25) is 5.02 Å². The van der Waals surface area contributed by atoms with Crippen LogP contribution in [0.5, 0.6) is 5.75 Å². The fourth-order valence-corrected chi connectivity index (χ4v) is 4.27. The average molecular weight is 446 g/mol. The molecular weight excluding hydrogens is 426 g/mol. The molecule has 3 heterocycles. The van der Waals surface area contributed by atoms with Crippen molar-refractivity contribution in [3.8, 4) is 5.75 Å². The number of hydrogen-bond acceptors (Lipinski definition) is 6. The van der Waals surface area contributed by atoms with Crippen molar-refractivity contribution in [3.63, 3.8) is 0 Å². The second-order valence-electron chi connectivity index (χ2n) is 6.83. The first-order chi connectivity index (χ1) is 14.5. The second-order valence-corrected chi connectivity index (χ2v) is 8.35. The van der Waals surface area contributed by atoms with Gasteiger partial charge < -0.3 is 19.0 Å². The molecule has 1 saturated heterocycles. The Hall–Kier alpha value is -2.84. The van der Waals surface area contributed by atoms with Crippen molar-refractivity contribution in [3.05, 3.63) is 69.0 Å². The van der Waals surface area contributed by atoms with Crippen molar-refractivity contribution < 1.29 is 18.7 Å². The van der Waals surface area contributed by atoms with Gasteiger partial charge in [-0.05, 0) is 43.3 Å². The first-order valence-corrected chi connectivity index (χ1v) is 10.7. The van der Waals surface area contributed by atoms with Gasteiger partial charge in [0.25, 0.3) is 11.8 Å². The van der Waals surface area contributed by atoms with E-state index in [2.05, 4.69) is 4.98 Å². The molecule has 2 amide bonds. The number of ether oxygens (including phenoxy) is 1. The summed E-state index contributed by atoms with van der Waals surface area (Å²) < 4.78 is 10.9. The van der Waals surface area contributed by atoms with Gasteiger partial charge in [0.1, 0.15) is 22.2 Å². The predicted octanol–water partition coefficient (Wildman–Crippen LogP) is 3.88. The number of benzene rings is 1. The third-order valence-corrected chi connectivity index (χ3v) is 6.17. The molecule has 0 unspecified atom stereocenters. The zero-order valence-electron chi connectivity index (χ0n) is 16.3. The Kier molecular flexibility index (Phi) is 6.06. The minimum Gasteiger partial charge on any atom is -0.486 e. The Balaban J connectivity index is 1.34. The number of amides is 2. The first-order valence-electron chi connectivity index (χ1n) is 9.48. The van der Waals surface area contributed by atoms with Gasteiger partial charge in [-0.25, -0.2) is 4.98 Å². The Morgan fingerprint density at radius 3 is 2.40 bits per heavy atom. The molecule has 1 aliphatic heterocycles. The summed E-state index contributed by atoms with van der Waals surface area (Å²) in [7, 11) is 0. The molecule has 1 aromatic carbocycles. The van der Waals surface area contributed by atoms with E-state index >= 15 is 0 Å². The van der Waals surface area contributed by atoms with Crippen LogP contribution in [0.25, 0.3) is 0 Å². The standard InChI is InChI=1S/C21H20ClN3O4S/c1-14-19(30-18(23-14)13-29-16-6-4-15(22)5-7-16)21(27)25-10-8-24(9-11-25)20(26)17-3-2-12-28-17/h2-7,12H,8-11,13H2,1H3. The van der Waals surface area contributed by atoms with Crippen LogP contribution >= 0.6 is 22.9 Å². The maximum absolute atomic E-state index is 13.0. The normalized spacial score (nSPS) is 14.1. The summed E-state index contributed by atoms with van der Waals surface area (Å²) in [4.78, 5) is 33.9. The van der Waals surface area contributed by atoms with Crippen LogP contribution in [0.15, 0.2) is 47.1 Å². The van der Waals surface area contributed by atoms with Gasteiger partial charge in [0.2, 0.25) is 0 Å². The van der Waals surface area contributed by atoms with Crippen molar-refractivity contribution in [1.82, 2.24) is 14.8 Å². The van der Waals surface area contributed by atoms with Gasteiger partial charge >= 0.3 is 0 Å². The van der Waals surface area contributed by atoms with Gasteiger partial charge in [0.05, 0.1) is 12.0 Å². The Bertz CT molecular complexity index is 1030. The zero-order chi connectivity index (χ0) is 21.1. The van der Waals surface area contributed by atoms with Crippen molar-refractivity contribution >= 4 is 34.8 Å². The van der Waals surface area contributed by atoms with E-state index in [0.717, 1.165) is 5.01 Å². The molecule has 0 spiro atoms. The van der Waals surface area contributed by atoms with Gasteiger partial charge in [0.15, 0.2) is 5.76 Å². The molecular formula is C21H20ClN3O4S. The topological polar surface area (TPSA) is 75.9 Å². The second kappa shape index (κ2) is 8.89. The molecule has 0 atom stereocenters. The summed E-state index contributed by atoms with van der Waals surface area (Å²) >= 11 is 7.22. The number of nitrogens with zero attached hydrogens (tertiary/aromatic N) is 3. The number of carbonyl (C=O) groups excluding carboxylic acids is 2. The Labute approximate surface area is 182 Å². The molecule has 1 fully saturated rings. The van der Waals surface area contributed by atoms with E-state index in [9.17, 15) is 9.59 Å². The van der Waals surface area contributed by atoms with E-state index in [-0.39, 0.29) is 18.4 Å². The predicted molar refractivity (Wildman–Crippen MR) is 113 cm³/mol. The lowest BCUT2D eigenvalue weighted by Gasteiger charge is -2.34. The van der Waals surface area contributed by atoms with Gasteiger partial charge in [-0.15, -0.1) is 11.3 Å². The molecule has 0 bridgehead atoms. The number of hydrogen-bond donors (Lipinski definition) is 0. The Morgan fingerprint density at radius 2 is 1.77 bits per heavy atom. The number of piperazine rings is 1. The monoisotopic (exact) mass is 445 g/mol. The van der Waals surface area contributed by atoms with Gasteiger partial charge in [-0.1, -0.05) is 11.6 Å². The van der Waals surface area contributed by atoms with Crippen LogP contribution in [0, 0.1) is 6.92 Å². The maximum Gasteiger partial charge on any atom is 0.289 e. The average Bonchev–Trinajstić information content (AvgIpc) is 3.42. The van der Waals surface area contributed by atoms with Crippen LogP contribution in [-0.2, 0) is 6.61 Å². The molecule has 30 heavy (non-hydrogen) atoms. The fourth-order valence-electron chi connectivity index (χ4n) is 3.20. The lowest BCUT2D eigenvalue weighted by atomic mass is 10.2. The van der Waals surface area contributed by atoms with Crippen molar-refractivity contribution in [2.24, 2.45) is 0 Å². The number of furan rings is 1. The molecule has 7 nitrogen and oxygen atoms in total. The summed E-state index contributed by atoms with van der Waals surface area (Å²) in [6.45, 7) is 3.99. The minimum atomic E-state index is -0.150. The van der Waals surface area contributed by atoms with Gasteiger partial charge in [0, 0.05) is 31.2 Å². The molecule has 0 radical (unpaired) electrons. The van der Waals surface area contributed by atoms with Crippen LogP contribution < -0.4 is 4.74 Å². The quantitative estimate of drug-likeness (QED) is 0.595. The highest BCUT2D eigenvalue weighted by atomic mass is 35.5. The summed E-state index contributed by atoms with van der Waals surface area (Å²) in [5, 5.41) is 1.38. The molecule has 2 aromatic heterocycles. The lowest BCUT2D eigenvalue weighted by Crippen LogP contribution is -2.50. The van der Waals surface area contributed by atoms with Crippen molar-refractivity contribution in [2.75, 3.05) is 26.2 Å². The van der Waals surface area contributed by atoms with Crippen LogP contribution in [0.3, 0.4) is 0 Å². The van der Waals surface area contributed by atoms with Gasteiger partial charge in [-0.2, -0.15) is 0 Å². The van der Waals surface area contributed by atoms with E-state index in [1.54, 1.807) is 46.2 Å². The molecule has 0 saturated carbocycles. The van der Waals surface area contributed by atoms with Crippen molar-refractivity contribution in [2.45, 2.75) is 13.5 Å². The molecule has 9 heteroatoms. The maximum atomic E-state index is 13.0. The third kappa shape index (κ3) is 4.49. The zero-order valence-corrected chi connectivity index (χ0v) is 17.9. The molecule has 156 valence electrons. The highest BCUT2D eigenvalue weighted by molar-refractivity contribution is 7.13. The van der Waals surface area contributed by atoms with E-state index in [4.69, 9.17) is 20.8 Å². The smallest absolute Gasteiger partial charge is 0.289 e. The fraction of sp³-hybridized carbons (Fsp3) is 0.286. The van der Waals surface area contributed by atoms with Crippen LogP contribution in [0.1, 0.15) is 30.9 Å². The molecule has 0 N–H and O–H groups in total. The minimum absolute atomic E-state index is 0.0622. The SMILES string of the molecule is Cc1nc(COc2ccc(Cl)cc2)sc1C(=O)N1CCN(C(=O)c2ccco2)CC1. The molecule has 1 aliphatic rings. The van der Waals surface area contributed by atoms with E-state index in [1.165, 1.54) is 17.6 Å².